The molecule has 2 aromatic carbocycles. The fraction of sp³-hybridized carbons (Fsp3) is 0.133. The Hall–Kier alpha value is -1.98. The van der Waals surface area contributed by atoms with Crippen molar-refractivity contribution in [3.8, 4) is 22.9 Å². The molecule has 0 saturated carbocycles. The molecule has 0 aromatic heterocycles. The molecule has 0 aliphatic rings. The zero-order chi connectivity index (χ0) is 13.0. The molecule has 0 bridgehead atoms. The molecule has 0 aliphatic carbocycles. The Morgan fingerprint density at radius 1 is 1.17 bits per heavy atom. The van der Waals surface area contributed by atoms with Crippen molar-refractivity contribution in [1.82, 2.24) is 0 Å². The molecule has 0 radical (unpaired) electrons. The molecule has 3 heteroatoms. The van der Waals surface area contributed by atoms with Crippen molar-refractivity contribution in [1.29, 1.82) is 5.26 Å². The maximum absolute atomic E-state index is 8.74. The normalized spacial score (nSPS) is 9.83. The van der Waals surface area contributed by atoms with E-state index in [-0.39, 0.29) is 0 Å². The van der Waals surface area contributed by atoms with Crippen molar-refractivity contribution in [3.63, 3.8) is 0 Å². The van der Waals surface area contributed by atoms with Gasteiger partial charge in [-0.05, 0) is 23.8 Å². The van der Waals surface area contributed by atoms with Crippen LogP contribution in [0.2, 0.25) is 5.02 Å². The van der Waals surface area contributed by atoms with E-state index in [0.29, 0.717) is 11.4 Å². The summed E-state index contributed by atoms with van der Waals surface area (Å²) >= 11 is 6.22. The van der Waals surface area contributed by atoms with Gasteiger partial charge in [0.15, 0.2) is 0 Å². The van der Waals surface area contributed by atoms with Gasteiger partial charge in [-0.25, -0.2) is 0 Å². The lowest BCUT2D eigenvalue weighted by atomic mass is 10.0. The molecule has 0 aliphatic heterocycles. The van der Waals surface area contributed by atoms with Crippen LogP contribution in [0.3, 0.4) is 0 Å². The molecule has 0 N–H and O–H groups in total. The fourth-order valence-electron chi connectivity index (χ4n) is 1.85. The van der Waals surface area contributed by atoms with Crippen LogP contribution in [-0.2, 0) is 6.42 Å². The van der Waals surface area contributed by atoms with Crippen molar-refractivity contribution in [2.45, 2.75) is 6.42 Å². The number of nitriles is 1. The van der Waals surface area contributed by atoms with Crippen LogP contribution in [0.4, 0.5) is 0 Å². The molecular weight excluding hydrogens is 246 g/mol. The van der Waals surface area contributed by atoms with Gasteiger partial charge >= 0.3 is 0 Å². The first kappa shape index (κ1) is 12.5. The van der Waals surface area contributed by atoms with Crippen LogP contribution >= 0.6 is 11.6 Å². The standard InChI is InChI=1S/C15H12ClNO/c1-18-15-5-3-2-4-12(15)13-10-11(8-9-17)6-7-14(13)16/h2-7,10H,8H2,1H3. The summed E-state index contributed by atoms with van der Waals surface area (Å²) in [5.74, 6) is 0.772. The molecule has 90 valence electrons. The number of hydrogen-bond acceptors (Lipinski definition) is 2. The molecule has 2 aromatic rings. The van der Waals surface area contributed by atoms with Crippen LogP contribution in [0.25, 0.3) is 11.1 Å². The number of methoxy groups -OCH3 is 1. The number of ether oxygens (including phenoxy) is 1. The van der Waals surface area contributed by atoms with Gasteiger partial charge in [0.2, 0.25) is 0 Å². The van der Waals surface area contributed by atoms with Crippen LogP contribution in [0.5, 0.6) is 5.75 Å². The molecule has 0 fully saturated rings. The number of benzene rings is 2. The molecule has 0 saturated heterocycles. The zero-order valence-corrected chi connectivity index (χ0v) is 10.7. The Morgan fingerprint density at radius 3 is 2.67 bits per heavy atom. The first-order chi connectivity index (χ1) is 8.76. The predicted molar refractivity (Wildman–Crippen MR) is 72.8 cm³/mol. The average Bonchev–Trinajstić information content (AvgIpc) is 2.41. The van der Waals surface area contributed by atoms with E-state index in [0.717, 1.165) is 22.4 Å². The minimum atomic E-state index is 0.374. The van der Waals surface area contributed by atoms with Gasteiger partial charge in [-0.1, -0.05) is 35.9 Å². The number of para-hydroxylation sites is 1. The molecule has 0 unspecified atom stereocenters. The molecular formula is C15H12ClNO. The zero-order valence-electron chi connectivity index (χ0n) is 9.98. The highest BCUT2D eigenvalue weighted by Gasteiger charge is 2.09. The molecule has 0 spiro atoms. The van der Waals surface area contributed by atoms with Crippen LogP contribution in [-0.4, -0.2) is 7.11 Å². The van der Waals surface area contributed by atoms with E-state index in [2.05, 4.69) is 6.07 Å². The molecule has 0 heterocycles. The Labute approximate surface area is 111 Å². The van der Waals surface area contributed by atoms with E-state index in [1.54, 1.807) is 7.11 Å². The molecule has 2 rings (SSSR count). The van der Waals surface area contributed by atoms with Crippen LogP contribution in [0.15, 0.2) is 42.5 Å². The number of nitrogens with zero attached hydrogens (tertiary/aromatic N) is 1. The minimum Gasteiger partial charge on any atom is -0.496 e. The maximum Gasteiger partial charge on any atom is 0.126 e. The number of halogens is 1. The van der Waals surface area contributed by atoms with Crippen LogP contribution in [0.1, 0.15) is 5.56 Å². The predicted octanol–water partition coefficient (Wildman–Crippen LogP) is 4.08. The van der Waals surface area contributed by atoms with E-state index < -0.39 is 0 Å². The lowest BCUT2D eigenvalue weighted by molar-refractivity contribution is 0.416. The monoisotopic (exact) mass is 257 g/mol. The largest absolute Gasteiger partial charge is 0.496 e. The Morgan fingerprint density at radius 2 is 1.94 bits per heavy atom. The SMILES string of the molecule is COc1ccccc1-c1cc(CC#N)ccc1Cl. The molecule has 18 heavy (non-hydrogen) atoms. The average molecular weight is 258 g/mol. The Bertz CT molecular complexity index is 602. The first-order valence-corrected chi connectivity index (χ1v) is 5.93. The quantitative estimate of drug-likeness (QED) is 0.830. The van der Waals surface area contributed by atoms with Gasteiger partial charge in [0.1, 0.15) is 5.75 Å². The third kappa shape index (κ3) is 2.47. The van der Waals surface area contributed by atoms with Gasteiger partial charge in [0, 0.05) is 16.1 Å². The van der Waals surface area contributed by atoms with Crippen LogP contribution < -0.4 is 4.74 Å². The molecule has 0 atom stereocenters. The summed E-state index contributed by atoms with van der Waals surface area (Å²) in [6, 6.07) is 15.4. The third-order valence-corrected chi connectivity index (χ3v) is 3.04. The summed E-state index contributed by atoms with van der Waals surface area (Å²) in [5, 5.41) is 9.40. The van der Waals surface area contributed by atoms with Crippen molar-refractivity contribution >= 4 is 11.6 Å². The van der Waals surface area contributed by atoms with Crippen molar-refractivity contribution in [2.24, 2.45) is 0 Å². The lowest BCUT2D eigenvalue weighted by Crippen LogP contribution is -1.90. The number of hydrogen-bond donors (Lipinski definition) is 0. The van der Waals surface area contributed by atoms with Gasteiger partial charge < -0.3 is 4.74 Å². The molecule has 2 nitrogen and oxygen atoms in total. The maximum atomic E-state index is 8.74. The first-order valence-electron chi connectivity index (χ1n) is 5.55. The third-order valence-electron chi connectivity index (χ3n) is 2.71. The van der Waals surface area contributed by atoms with Crippen molar-refractivity contribution in [3.05, 3.63) is 53.1 Å². The van der Waals surface area contributed by atoms with E-state index in [1.807, 2.05) is 42.5 Å². The summed E-state index contributed by atoms with van der Waals surface area (Å²) in [7, 11) is 1.63. The fourth-order valence-corrected chi connectivity index (χ4v) is 2.07. The van der Waals surface area contributed by atoms with Crippen molar-refractivity contribution < 1.29 is 4.74 Å². The van der Waals surface area contributed by atoms with E-state index in [4.69, 9.17) is 21.6 Å². The highest BCUT2D eigenvalue weighted by molar-refractivity contribution is 6.33. The number of rotatable bonds is 3. The van der Waals surface area contributed by atoms with Crippen molar-refractivity contribution in [2.75, 3.05) is 7.11 Å². The van der Waals surface area contributed by atoms with Gasteiger partial charge in [-0.2, -0.15) is 5.26 Å². The van der Waals surface area contributed by atoms with E-state index in [9.17, 15) is 0 Å². The van der Waals surface area contributed by atoms with E-state index >= 15 is 0 Å². The topological polar surface area (TPSA) is 33.0 Å². The highest BCUT2D eigenvalue weighted by Crippen LogP contribution is 2.35. The van der Waals surface area contributed by atoms with Gasteiger partial charge in [0.25, 0.3) is 0 Å². The summed E-state index contributed by atoms with van der Waals surface area (Å²) < 4.78 is 5.33. The Balaban J connectivity index is 2.56. The Kier molecular flexibility index (Phi) is 3.86. The highest BCUT2D eigenvalue weighted by atomic mass is 35.5. The summed E-state index contributed by atoms with van der Waals surface area (Å²) in [6.07, 6.45) is 0.374. The summed E-state index contributed by atoms with van der Waals surface area (Å²) in [4.78, 5) is 0. The van der Waals surface area contributed by atoms with Crippen LogP contribution in [0, 0.1) is 11.3 Å². The van der Waals surface area contributed by atoms with E-state index in [1.165, 1.54) is 0 Å². The summed E-state index contributed by atoms with van der Waals surface area (Å²) in [6.45, 7) is 0. The van der Waals surface area contributed by atoms with Gasteiger partial charge in [0.05, 0.1) is 19.6 Å². The smallest absolute Gasteiger partial charge is 0.126 e. The second-order valence-electron chi connectivity index (χ2n) is 3.85. The second kappa shape index (κ2) is 5.57. The summed E-state index contributed by atoms with van der Waals surface area (Å²) in [5.41, 5.74) is 2.77. The second-order valence-corrected chi connectivity index (χ2v) is 4.26. The molecule has 0 amide bonds. The lowest BCUT2D eigenvalue weighted by Gasteiger charge is -2.10. The van der Waals surface area contributed by atoms with Gasteiger partial charge in [-0.15, -0.1) is 0 Å². The van der Waals surface area contributed by atoms with Gasteiger partial charge in [-0.3, -0.25) is 0 Å². The minimum absolute atomic E-state index is 0.374.